The topological polar surface area (TPSA) is 88.9 Å². The molecule has 2 amide bonds. The smallest absolute Gasteiger partial charge is 0.259 e. The highest BCUT2D eigenvalue weighted by Gasteiger charge is 2.17. The molecule has 0 radical (unpaired) electrons. The van der Waals surface area contributed by atoms with E-state index in [4.69, 9.17) is 0 Å². The fourth-order valence-corrected chi connectivity index (χ4v) is 3.58. The molecule has 7 heteroatoms. The molecule has 33 heavy (non-hydrogen) atoms. The van der Waals surface area contributed by atoms with Gasteiger partial charge in [-0.2, -0.15) is 5.10 Å². The van der Waals surface area contributed by atoms with Gasteiger partial charge in [0.25, 0.3) is 11.8 Å². The third kappa shape index (κ3) is 5.51. The van der Waals surface area contributed by atoms with E-state index in [0.717, 1.165) is 17.0 Å². The van der Waals surface area contributed by atoms with Gasteiger partial charge in [0.05, 0.1) is 36.2 Å². The Hall–Kier alpha value is -4.26. The van der Waals surface area contributed by atoms with E-state index in [1.807, 2.05) is 60.1 Å². The van der Waals surface area contributed by atoms with Gasteiger partial charge < -0.3 is 10.6 Å². The van der Waals surface area contributed by atoms with Gasteiger partial charge in [0.2, 0.25) is 0 Å². The number of hydrogen-bond acceptors (Lipinski definition) is 4. The molecule has 0 saturated heterocycles. The minimum atomic E-state index is -0.253. The molecule has 2 aromatic heterocycles. The number of pyridine rings is 1. The molecule has 0 fully saturated rings. The van der Waals surface area contributed by atoms with Crippen LogP contribution in [0.5, 0.6) is 0 Å². The second-order valence-corrected chi connectivity index (χ2v) is 7.54. The van der Waals surface area contributed by atoms with Crippen molar-refractivity contribution in [3.05, 3.63) is 113 Å². The molecule has 0 bridgehead atoms. The predicted molar refractivity (Wildman–Crippen MR) is 127 cm³/mol. The normalized spacial score (nSPS) is 10.6. The molecule has 0 aliphatic heterocycles. The van der Waals surface area contributed by atoms with Crippen LogP contribution in [0.25, 0.3) is 0 Å². The first kappa shape index (κ1) is 22.0. The quantitative estimate of drug-likeness (QED) is 0.433. The van der Waals surface area contributed by atoms with Crippen LogP contribution in [0.15, 0.2) is 85.2 Å². The Morgan fingerprint density at radius 3 is 2.52 bits per heavy atom. The van der Waals surface area contributed by atoms with E-state index in [1.54, 1.807) is 36.7 Å². The van der Waals surface area contributed by atoms with E-state index in [1.165, 1.54) is 0 Å². The third-order valence-corrected chi connectivity index (χ3v) is 5.24. The van der Waals surface area contributed by atoms with Gasteiger partial charge in [-0.1, -0.05) is 49.4 Å². The number of rotatable bonds is 8. The summed E-state index contributed by atoms with van der Waals surface area (Å²) in [5.41, 5.74) is 4.28. The Kier molecular flexibility index (Phi) is 6.90. The van der Waals surface area contributed by atoms with Gasteiger partial charge in [0.1, 0.15) is 0 Å². The molecule has 2 aromatic carbocycles. The van der Waals surface area contributed by atoms with E-state index in [0.29, 0.717) is 36.3 Å². The lowest BCUT2D eigenvalue weighted by atomic mass is 10.1. The number of carbonyl (C=O) groups excluding carboxylic acids is 2. The summed E-state index contributed by atoms with van der Waals surface area (Å²) in [7, 11) is 0. The summed E-state index contributed by atoms with van der Waals surface area (Å²) >= 11 is 0. The third-order valence-electron chi connectivity index (χ3n) is 5.24. The molecule has 0 saturated carbocycles. The predicted octanol–water partition coefficient (Wildman–Crippen LogP) is 4.07. The van der Waals surface area contributed by atoms with Crippen molar-refractivity contribution in [2.45, 2.75) is 26.4 Å². The van der Waals surface area contributed by atoms with E-state index in [-0.39, 0.29) is 11.8 Å². The number of nitrogens with zero attached hydrogens (tertiary/aromatic N) is 3. The number of aromatic nitrogens is 3. The second-order valence-electron chi connectivity index (χ2n) is 7.54. The van der Waals surface area contributed by atoms with Gasteiger partial charge in [-0.25, -0.2) is 0 Å². The summed E-state index contributed by atoms with van der Waals surface area (Å²) in [5.74, 6) is -0.487. The number of nitrogens with one attached hydrogen (secondary N) is 2. The van der Waals surface area contributed by atoms with Crippen molar-refractivity contribution in [1.82, 2.24) is 20.1 Å². The Morgan fingerprint density at radius 1 is 0.939 bits per heavy atom. The van der Waals surface area contributed by atoms with Crippen molar-refractivity contribution in [1.29, 1.82) is 0 Å². The van der Waals surface area contributed by atoms with Crippen LogP contribution < -0.4 is 10.6 Å². The summed E-state index contributed by atoms with van der Waals surface area (Å²) in [6.07, 6.45) is 3.95. The second kappa shape index (κ2) is 10.4. The molecule has 4 aromatic rings. The van der Waals surface area contributed by atoms with Crippen LogP contribution in [0.3, 0.4) is 0 Å². The minimum absolute atomic E-state index is 0.235. The van der Waals surface area contributed by atoms with E-state index < -0.39 is 0 Å². The zero-order valence-electron chi connectivity index (χ0n) is 18.4. The number of anilines is 1. The fraction of sp³-hybridized carbons (Fsp3) is 0.154. The maximum absolute atomic E-state index is 13.0. The summed E-state index contributed by atoms with van der Waals surface area (Å²) in [5, 5.41) is 10.2. The van der Waals surface area contributed by atoms with Crippen LogP contribution in [0.1, 0.15) is 44.6 Å². The van der Waals surface area contributed by atoms with Crippen LogP contribution in [0, 0.1) is 0 Å². The molecular formula is C26H25N5O2. The van der Waals surface area contributed by atoms with Crippen molar-refractivity contribution in [3.8, 4) is 0 Å². The Labute approximate surface area is 192 Å². The minimum Gasteiger partial charge on any atom is -0.346 e. The van der Waals surface area contributed by atoms with Crippen LogP contribution in [-0.2, 0) is 19.5 Å². The standard InChI is InChI=1S/C26H25N5O2/c1-2-24-23(17-29-31(24)18-19-9-4-3-5-10-19)26(33)30-21-13-8-11-20(15-21)25(32)28-16-22-12-6-7-14-27-22/h3-15,17H,2,16,18H2,1H3,(H,28,32)(H,30,33). The monoisotopic (exact) mass is 439 g/mol. The maximum atomic E-state index is 13.0. The summed E-state index contributed by atoms with van der Waals surface area (Å²) in [4.78, 5) is 29.7. The molecule has 2 heterocycles. The number of hydrogen-bond donors (Lipinski definition) is 2. The van der Waals surface area contributed by atoms with Gasteiger partial charge in [0.15, 0.2) is 0 Å². The van der Waals surface area contributed by atoms with Crippen molar-refractivity contribution in [2.24, 2.45) is 0 Å². The van der Waals surface area contributed by atoms with Gasteiger partial charge in [-0.3, -0.25) is 19.3 Å². The van der Waals surface area contributed by atoms with Crippen LogP contribution >= 0.6 is 0 Å². The zero-order chi connectivity index (χ0) is 23.0. The van der Waals surface area contributed by atoms with Crippen LogP contribution in [-0.4, -0.2) is 26.6 Å². The average molecular weight is 440 g/mol. The highest BCUT2D eigenvalue weighted by Crippen LogP contribution is 2.16. The summed E-state index contributed by atoms with van der Waals surface area (Å²) in [6, 6.07) is 22.4. The Morgan fingerprint density at radius 2 is 1.76 bits per heavy atom. The molecule has 166 valence electrons. The molecule has 0 aliphatic rings. The van der Waals surface area contributed by atoms with Crippen molar-refractivity contribution < 1.29 is 9.59 Å². The van der Waals surface area contributed by atoms with Gasteiger partial charge >= 0.3 is 0 Å². The lowest BCUT2D eigenvalue weighted by Crippen LogP contribution is -2.23. The highest BCUT2D eigenvalue weighted by atomic mass is 16.2. The molecule has 0 aliphatic carbocycles. The molecule has 4 rings (SSSR count). The first-order valence-electron chi connectivity index (χ1n) is 10.8. The Bertz CT molecular complexity index is 1240. The van der Waals surface area contributed by atoms with Crippen molar-refractivity contribution >= 4 is 17.5 Å². The van der Waals surface area contributed by atoms with E-state index in [9.17, 15) is 9.59 Å². The highest BCUT2D eigenvalue weighted by molar-refractivity contribution is 6.05. The molecule has 7 nitrogen and oxygen atoms in total. The largest absolute Gasteiger partial charge is 0.346 e. The van der Waals surface area contributed by atoms with Crippen LogP contribution in [0.2, 0.25) is 0 Å². The van der Waals surface area contributed by atoms with Crippen LogP contribution in [0.4, 0.5) is 5.69 Å². The number of benzene rings is 2. The lowest BCUT2D eigenvalue weighted by Gasteiger charge is -2.10. The average Bonchev–Trinajstić information content (AvgIpc) is 3.26. The van der Waals surface area contributed by atoms with E-state index in [2.05, 4.69) is 20.7 Å². The van der Waals surface area contributed by atoms with Gasteiger partial charge in [-0.15, -0.1) is 0 Å². The summed E-state index contributed by atoms with van der Waals surface area (Å²) < 4.78 is 1.85. The maximum Gasteiger partial charge on any atom is 0.259 e. The van der Waals surface area contributed by atoms with E-state index >= 15 is 0 Å². The summed E-state index contributed by atoms with van der Waals surface area (Å²) in [6.45, 7) is 2.93. The van der Waals surface area contributed by atoms with Crippen molar-refractivity contribution in [2.75, 3.05) is 5.32 Å². The number of carbonyl (C=O) groups is 2. The van der Waals surface area contributed by atoms with Gasteiger partial charge in [0, 0.05) is 17.4 Å². The Balaban J connectivity index is 1.44. The fourth-order valence-electron chi connectivity index (χ4n) is 3.58. The SMILES string of the molecule is CCc1c(C(=O)Nc2cccc(C(=O)NCc3ccccn3)c2)cnn1Cc1ccccc1. The molecule has 0 atom stereocenters. The number of amides is 2. The molecule has 0 spiro atoms. The molecule has 0 unspecified atom stereocenters. The first-order valence-corrected chi connectivity index (χ1v) is 10.8. The molecular weight excluding hydrogens is 414 g/mol. The first-order chi connectivity index (χ1) is 16.1. The van der Waals surface area contributed by atoms with Gasteiger partial charge in [-0.05, 0) is 42.3 Å². The lowest BCUT2D eigenvalue weighted by molar-refractivity contribution is 0.0949. The zero-order valence-corrected chi connectivity index (χ0v) is 18.4. The van der Waals surface area contributed by atoms with Crippen molar-refractivity contribution in [3.63, 3.8) is 0 Å². The molecule has 2 N–H and O–H groups in total.